The van der Waals surface area contributed by atoms with Crippen LogP contribution in [0.3, 0.4) is 0 Å². The van der Waals surface area contributed by atoms with Gasteiger partial charge in [-0.05, 0) is 43.9 Å². The summed E-state index contributed by atoms with van der Waals surface area (Å²) >= 11 is 0. The molecule has 0 radical (unpaired) electrons. The molecule has 2 N–H and O–H groups in total. The summed E-state index contributed by atoms with van der Waals surface area (Å²) < 4.78 is 13.2. The van der Waals surface area contributed by atoms with Crippen LogP contribution < -0.4 is 0 Å². The lowest BCUT2D eigenvalue weighted by molar-refractivity contribution is -0.0125. The highest BCUT2D eigenvalue weighted by Gasteiger charge is 2.50. The van der Waals surface area contributed by atoms with E-state index in [1.807, 2.05) is 0 Å². The summed E-state index contributed by atoms with van der Waals surface area (Å²) in [5, 5.41) is 20.1. The molecule has 1 heterocycles. The molecule has 3 atom stereocenters. The summed E-state index contributed by atoms with van der Waals surface area (Å²) in [6, 6.07) is 5.78. The highest BCUT2D eigenvalue weighted by Crippen LogP contribution is 2.42. The number of halogens is 1. The second-order valence-electron chi connectivity index (χ2n) is 6.02. The molecule has 22 heavy (non-hydrogen) atoms. The molecule has 4 nitrogen and oxygen atoms in total. The Bertz CT molecular complexity index is 651. The minimum atomic E-state index is -1.20. The van der Waals surface area contributed by atoms with Crippen LogP contribution in [0.25, 0.3) is 0 Å². The molecule has 116 valence electrons. The molecule has 1 aliphatic carbocycles. The molecule has 2 fully saturated rings. The van der Waals surface area contributed by atoms with Crippen molar-refractivity contribution in [3.05, 3.63) is 35.6 Å². The SMILES string of the molecule is O=C(O)N1CCC2C1CCCC2(O)C#Cc1cccc(F)c1. The average Bonchev–Trinajstić information content (AvgIpc) is 2.91. The predicted octanol–water partition coefficient (Wildman–Crippen LogP) is 2.46. The van der Waals surface area contributed by atoms with E-state index >= 15 is 0 Å². The van der Waals surface area contributed by atoms with Crippen molar-refractivity contribution in [1.82, 2.24) is 4.90 Å². The van der Waals surface area contributed by atoms with Gasteiger partial charge in [0.25, 0.3) is 0 Å². The van der Waals surface area contributed by atoms with Crippen molar-refractivity contribution >= 4 is 6.09 Å². The van der Waals surface area contributed by atoms with Gasteiger partial charge in [0.05, 0.1) is 0 Å². The van der Waals surface area contributed by atoms with Crippen LogP contribution in [0.2, 0.25) is 0 Å². The molecule has 0 aromatic heterocycles. The van der Waals surface area contributed by atoms with Crippen LogP contribution in [-0.2, 0) is 0 Å². The standard InChI is InChI=1S/C17H18FNO3/c18-13-4-1-3-12(11-13)6-9-17(22)8-2-5-15-14(17)7-10-19(15)16(20)21/h1,3-4,11,14-15,22H,2,5,7-8,10H2,(H,20,21). The van der Waals surface area contributed by atoms with E-state index in [9.17, 15) is 19.4 Å². The lowest BCUT2D eigenvalue weighted by Crippen LogP contribution is -2.49. The van der Waals surface area contributed by atoms with Crippen molar-refractivity contribution in [2.75, 3.05) is 6.54 Å². The molecule has 3 rings (SSSR count). The number of hydrogen-bond acceptors (Lipinski definition) is 2. The van der Waals surface area contributed by atoms with E-state index in [1.54, 1.807) is 12.1 Å². The first-order chi connectivity index (χ1) is 10.5. The maximum absolute atomic E-state index is 13.2. The van der Waals surface area contributed by atoms with Crippen LogP contribution in [0.5, 0.6) is 0 Å². The van der Waals surface area contributed by atoms with Gasteiger partial charge in [0.2, 0.25) is 0 Å². The molecule has 1 saturated heterocycles. The molecule has 0 bridgehead atoms. The van der Waals surface area contributed by atoms with Crippen molar-refractivity contribution in [1.29, 1.82) is 0 Å². The lowest BCUT2D eigenvalue weighted by Gasteiger charge is -2.39. The number of aliphatic hydroxyl groups is 1. The molecule has 5 heteroatoms. The molecule has 0 spiro atoms. The third kappa shape index (κ3) is 2.67. The number of carboxylic acid groups (broad SMARTS) is 1. The number of amides is 1. The first-order valence-electron chi connectivity index (χ1n) is 7.50. The Morgan fingerprint density at radius 1 is 1.41 bits per heavy atom. The Morgan fingerprint density at radius 3 is 2.95 bits per heavy atom. The number of carbonyl (C=O) groups is 1. The van der Waals surface area contributed by atoms with E-state index in [2.05, 4.69) is 11.8 Å². The molecule has 3 unspecified atom stereocenters. The third-order valence-electron chi connectivity index (χ3n) is 4.71. The topological polar surface area (TPSA) is 60.8 Å². The molecular weight excluding hydrogens is 285 g/mol. The van der Waals surface area contributed by atoms with Crippen molar-refractivity contribution in [2.45, 2.75) is 37.3 Å². The van der Waals surface area contributed by atoms with Gasteiger partial charge in [-0.15, -0.1) is 0 Å². The third-order valence-corrected chi connectivity index (χ3v) is 4.71. The largest absolute Gasteiger partial charge is 0.465 e. The maximum atomic E-state index is 13.2. The van der Waals surface area contributed by atoms with Gasteiger partial charge in [-0.3, -0.25) is 0 Å². The van der Waals surface area contributed by atoms with Gasteiger partial charge >= 0.3 is 6.09 Å². The van der Waals surface area contributed by atoms with Crippen LogP contribution >= 0.6 is 0 Å². The van der Waals surface area contributed by atoms with Crippen LogP contribution in [0, 0.1) is 23.6 Å². The second kappa shape index (κ2) is 5.62. The first kappa shape index (κ1) is 14.9. The summed E-state index contributed by atoms with van der Waals surface area (Å²) in [5.74, 6) is 5.21. The summed E-state index contributed by atoms with van der Waals surface area (Å²) in [6.07, 6.45) is 1.71. The highest BCUT2D eigenvalue weighted by atomic mass is 19.1. The molecule has 2 aliphatic rings. The highest BCUT2D eigenvalue weighted by molar-refractivity contribution is 5.66. The van der Waals surface area contributed by atoms with Gasteiger partial charge in [0.1, 0.15) is 11.4 Å². The fourth-order valence-electron chi connectivity index (χ4n) is 3.67. The Hall–Kier alpha value is -2.06. The number of rotatable bonds is 0. The molecule has 1 aromatic carbocycles. The summed E-state index contributed by atoms with van der Waals surface area (Å²) in [7, 11) is 0. The van der Waals surface area contributed by atoms with Crippen molar-refractivity contribution in [2.24, 2.45) is 5.92 Å². The van der Waals surface area contributed by atoms with Crippen LogP contribution in [-0.4, -0.2) is 39.4 Å². The zero-order valence-electron chi connectivity index (χ0n) is 12.1. The van der Waals surface area contributed by atoms with Crippen LogP contribution in [0.4, 0.5) is 9.18 Å². The van der Waals surface area contributed by atoms with Crippen molar-refractivity contribution in [3.63, 3.8) is 0 Å². The van der Waals surface area contributed by atoms with Crippen LogP contribution in [0.15, 0.2) is 24.3 Å². The minimum absolute atomic E-state index is 0.168. The van der Waals surface area contributed by atoms with Gasteiger partial charge in [0.15, 0.2) is 0 Å². The molecule has 1 aromatic rings. The van der Waals surface area contributed by atoms with Gasteiger partial charge in [-0.25, -0.2) is 9.18 Å². The van der Waals surface area contributed by atoms with E-state index in [0.29, 0.717) is 24.9 Å². The lowest BCUT2D eigenvalue weighted by atomic mass is 9.73. The smallest absolute Gasteiger partial charge is 0.407 e. The second-order valence-corrected chi connectivity index (χ2v) is 6.02. The molecular formula is C17H18FNO3. The van der Waals surface area contributed by atoms with E-state index < -0.39 is 11.7 Å². The summed E-state index contributed by atoms with van der Waals surface area (Å²) in [6.45, 7) is 0.439. The first-order valence-corrected chi connectivity index (χ1v) is 7.50. The normalized spacial score (nSPS) is 30.4. The maximum Gasteiger partial charge on any atom is 0.407 e. The van der Waals surface area contributed by atoms with Crippen molar-refractivity contribution in [3.8, 4) is 11.8 Å². The Morgan fingerprint density at radius 2 is 2.23 bits per heavy atom. The Kier molecular flexibility index (Phi) is 3.79. The summed E-state index contributed by atoms with van der Waals surface area (Å²) in [5.41, 5.74) is -0.678. The van der Waals surface area contributed by atoms with Crippen molar-refractivity contribution < 1.29 is 19.4 Å². The zero-order chi connectivity index (χ0) is 15.7. The molecule has 1 amide bonds. The average molecular weight is 303 g/mol. The number of likely N-dealkylation sites (tertiary alicyclic amines) is 1. The van der Waals surface area contributed by atoms with E-state index in [4.69, 9.17) is 0 Å². The van der Waals surface area contributed by atoms with E-state index in [0.717, 1.165) is 12.8 Å². The minimum Gasteiger partial charge on any atom is -0.465 e. The van der Waals surface area contributed by atoms with Gasteiger partial charge in [-0.1, -0.05) is 17.9 Å². The quantitative estimate of drug-likeness (QED) is 0.724. The fourth-order valence-corrected chi connectivity index (χ4v) is 3.67. The van der Waals surface area contributed by atoms with Gasteiger partial charge in [-0.2, -0.15) is 0 Å². The van der Waals surface area contributed by atoms with Crippen LogP contribution in [0.1, 0.15) is 31.2 Å². The molecule has 1 aliphatic heterocycles. The monoisotopic (exact) mass is 303 g/mol. The summed E-state index contributed by atoms with van der Waals surface area (Å²) in [4.78, 5) is 12.7. The number of nitrogens with zero attached hydrogens (tertiary/aromatic N) is 1. The number of fused-ring (bicyclic) bond motifs is 1. The number of benzene rings is 1. The fraction of sp³-hybridized carbons (Fsp3) is 0.471. The van der Waals surface area contributed by atoms with Gasteiger partial charge in [0, 0.05) is 24.1 Å². The van der Waals surface area contributed by atoms with E-state index in [-0.39, 0.29) is 17.8 Å². The Labute approximate surface area is 128 Å². The Balaban J connectivity index is 1.85. The molecule has 1 saturated carbocycles. The number of hydrogen-bond donors (Lipinski definition) is 2. The zero-order valence-corrected chi connectivity index (χ0v) is 12.1. The predicted molar refractivity (Wildman–Crippen MR) is 78.7 cm³/mol. The van der Waals surface area contributed by atoms with E-state index in [1.165, 1.54) is 17.0 Å². The van der Waals surface area contributed by atoms with Gasteiger partial charge < -0.3 is 15.1 Å².